The lowest BCUT2D eigenvalue weighted by Crippen LogP contribution is -2.25. The van der Waals surface area contributed by atoms with Gasteiger partial charge in [-0.25, -0.2) is 4.79 Å². The maximum Gasteiger partial charge on any atom is 0.330 e. The molecule has 0 heterocycles. The van der Waals surface area contributed by atoms with E-state index in [2.05, 4.69) is 13.5 Å². The number of hydrogen-bond donors (Lipinski definition) is 0. The Morgan fingerprint density at radius 3 is 2.45 bits per heavy atom. The molecule has 160 valence electrons. The molecule has 1 aromatic rings. The quantitative estimate of drug-likeness (QED) is 0.197. The zero-order valence-electron chi connectivity index (χ0n) is 17.2. The van der Waals surface area contributed by atoms with Crippen molar-refractivity contribution in [3.8, 4) is 11.5 Å². The van der Waals surface area contributed by atoms with Crippen molar-refractivity contribution in [1.82, 2.24) is 0 Å². The zero-order chi connectivity index (χ0) is 21.1. The van der Waals surface area contributed by atoms with E-state index in [1.165, 1.54) is 6.08 Å². The molecule has 0 aliphatic heterocycles. The van der Waals surface area contributed by atoms with Gasteiger partial charge in [-0.2, -0.15) is 0 Å². The average molecular weight is 423 g/mol. The molecule has 0 bridgehead atoms. The van der Waals surface area contributed by atoms with Crippen LogP contribution in [0.15, 0.2) is 30.9 Å². The molecule has 1 aliphatic carbocycles. The zero-order valence-corrected chi connectivity index (χ0v) is 17.9. The molecular formula is C23H31ClO5. The molecule has 0 saturated heterocycles. The summed E-state index contributed by atoms with van der Waals surface area (Å²) >= 11 is 6.26. The average Bonchev–Trinajstić information content (AvgIpc) is 2.72. The normalized spacial score (nSPS) is 18.7. The predicted octanol–water partition coefficient (Wildman–Crippen LogP) is 5.74. The van der Waals surface area contributed by atoms with E-state index in [1.54, 1.807) is 18.2 Å². The van der Waals surface area contributed by atoms with Crippen molar-refractivity contribution in [1.29, 1.82) is 0 Å². The highest BCUT2D eigenvalue weighted by Crippen LogP contribution is 2.33. The second-order valence-electron chi connectivity index (χ2n) is 7.60. The van der Waals surface area contributed by atoms with Gasteiger partial charge in [-0.1, -0.05) is 25.1 Å². The number of benzene rings is 1. The Kier molecular flexibility index (Phi) is 10.1. The van der Waals surface area contributed by atoms with Gasteiger partial charge in [-0.15, -0.1) is 0 Å². The molecule has 0 radical (unpaired) electrons. The molecule has 0 amide bonds. The van der Waals surface area contributed by atoms with Crippen LogP contribution in [0.5, 0.6) is 11.5 Å². The van der Waals surface area contributed by atoms with E-state index < -0.39 is 0 Å². The van der Waals surface area contributed by atoms with E-state index in [9.17, 15) is 9.59 Å². The first-order valence-corrected chi connectivity index (χ1v) is 10.8. The highest BCUT2D eigenvalue weighted by atomic mass is 35.5. The number of carbonyl (C=O) groups excluding carboxylic acids is 2. The molecule has 1 aromatic carbocycles. The van der Waals surface area contributed by atoms with Crippen LogP contribution in [0.4, 0.5) is 0 Å². The summed E-state index contributed by atoms with van der Waals surface area (Å²) in [5.41, 5.74) is 0. The minimum Gasteiger partial charge on any atom is -0.494 e. The molecule has 0 N–H and O–H groups in total. The highest BCUT2D eigenvalue weighted by molar-refractivity contribution is 6.32. The lowest BCUT2D eigenvalue weighted by atomic mass is 9.83. The summed E-state index contributed by atoms with van der Waals surface area (Å²) in [5, 5.41) is 0.379. The third-order valence-electron chi connectivity index (χ3n) is 5.18. The van der Waals surface area contributed by atoms with Crippen LogP contribution < -0.4 is 9.47 Å². The first-order chi connectivity index (χ1) is 14.0. The molecule has 6 heteroatoms. The van der Waals surface area contributed by atoms with Crippen molar-refractivity contribution >= 4 is 23.5 Å². The second-order valence-corrected chi connectivity index (χ2v) is 8.01. The molecule has 5 nitrogen and oxygen atoms in total. The standard InChI is InChI=1S/C23H31ClO5/c1-3-22(25)28-15-7-5-4-6-14-27-19-12-13-21(20(24)16-19)29-23(26)18-10-8-17(2)9-11-18/h3,12-13,16-18H,1,4-11,14-15H2,2H3. The maximum absolute atomic E-state index is 12.3. The van der Waals surface area contributed by atoms with Gasteiger partial charge in [0.15, 0.2) is 0 Å². The molecule has 0 spiro atoms. The number of esters is 2. The molecule has 0 atom stereocenters. The van der Waals surface area contributed by atoms with Crippen LogP contribution in [0.3, 0.4) is 0 Å². The molecule has 2 rings (SSSR count). The molecule has 1 fully saturated rings. The summed E-state index contributed by atoms with van der Waals surface area (Å²) in [6.07, 6.45) is 8.74. The maximum atomic E-state index is 12.3. The number of unbranched alkanes of at least 4 members (excludes halogenated alkanes) is 3. The fourth-order valence-corrected chi connectivity index (χ4v) is 3.53. The van der Waals surface area contributed by atoms with Crippen molar-refractivity contribution < 1.29 is 23.8 Å². The van der Waals surface area contributed by atoms with E-state index >= 15 is 0 Å². The molecular weight excluding hydrogens is 392 g/mol. The van der Waals surface area contributed by atoms with Gasteiger partial charge < -0.3 is 14.2 Å². The van der Waals surface area contributed by atoms with Crippen LogP contribution in [0.1, 0.15) is 58.3 Å². The fourth-order valence-electron chi connectivity index (χ4n) is 3.32. The van der Waals surface area contributed by atoms with Crippen LogP contribution in [0, 0.1) is 11.8 Å². The van der Waals surface area contributed by atoms with Gasteiger partial charge >= 0.3 is 11.9 Å². The predicted molar refractivity (Wildman–Crippen MR) is 113 cm³/mol. The lowest BCUT2D eigenvalue weighted by Gasteiger charge is -2.24. The third kappa shape index (κ3) is 8.48. The summed E-state index contributed by atoms with van der Waals surface area (Å²) in [6.45, 7) is 6.56. The Hall–Kier alpha value is -2.01. The number of ether oxygens (including phenoxy) is 3. The van der Waals surface area contributed by atoms with Crippen molar-refractivity contribution in [3.05, 3.63) is 35.9 Å². The number of hydrogen-bond acceptors (Lipinski definition) is 5. The highest BCUT2D eigenvalue weighted by Gasteiger charge is 2.26. The number of halogens is 1. The molecule has 0 unspecified atom stereocenters. The van der Waals surface area contributed by atoms with E-state index in [4.69, 9.17) is 25.8 Å². The van der Waals surface area contributed by atoms with Gasteiger partial charge in [0, 0.05) is 12.1 Å². The molecule has 1 aliphatic rings. The molecule has 29 heavy (non-hydrogen) atoms. The van der Waals surface area contributed by atoms with Crippen LogP contribution in [-0.2, 0) is 14.3 Å². The van der Waals surface area contributed by atoms with Gasteiger partial charge in [0.05, 0.1) is 24.2 Å². The molecule has 1 saturated carbocycles. The Labute approximate surface area is 178 Å². The Morgan fingerprint density at radius 2 is 1.79 bits per heavy atom. The first kappa shape index (κ1) is 23.3. The minimum absolute atomic E-state index is 0.0292. The first-order valence-electron chi connectivity index (χ1n) is 10.4. The van der Waals surface area contributed by atoms with E-state index in [0.29, 0.717) is 35.7 Å². The van der Waals surface area contributed by atoms with Crippen LogP contribution >= 0.6 is 11.6 Å². The van der Waals surface area contributed by atoms with E-state index in [0.717, 1.165) is 51.4 Å². The van der Waals surface area contributed by atoms with Gasteiger partial charge in [0.1, 0.15) is 11.5 Å². The van der Waals surface area contributed by atoms with Crippen molar-refractivity contribution in [3.63, 3.8) is 0 Å². The Morgan fingerprint density at radius 1 is 1.10 bits per heavy atom. The summed E-state index contributed by atoms with van der Waals surface area (Å²) in [6, 6.07) is 5.14. The summed E-state index contributed by atoms with van der Waals surface area (Å²) < 4.78 is 16.1. The van der Waals surface area contributed by atoms with Crippen molar-refractivity contribution in [2.24, 2.45) is 11.8 Å². The van der Waals surface area contributed by atoms with Crippen LogP contribution in [0.2, 0.25) is 5.02 Å². The Bertz CT molecular complexity index is 680. The topological polar surface area (TPSA) is 61.8 Å². The van der Waals surface area contributed by atoms with Crippen LogP contribution in [-0.4, -0.2) is 25.2 Å². The monoisotopic (exact) mass is 422 g/mol. The largest absolute Gasteiger partial charge is 0.494 e. The summed E-state index contributed by atoms with van der Waals surface area (Å²) in [5.74, 6) is 1.13. The lowest BCUT2D eigenvalue weighted by molar-refractivity contribution is -0.140. The molecule has 0 aromatic heterocycles. The van der Waals surface area contributed by atoms with Crippen molar-refractivity contribution in [2.45, 2.75) is 58.3 Å². The minimum atomic E-state index is -0.382. The Balaban J connectivity index is 1.65. The van der Waals surface area contributed by atoms with E-state index in [-0.39, 0.29) is 17.9 Å². The second kappa shape index (κ2) is 12.5. The van der Waals surface area contributed by atoms with Crippen molar-refractivity contribution in [2.75, 3.05) is 13.2 Å². The SMILES string of the molecule is C=CC(=O)OCCCCCCOc1ccc(OC(=O)C2CCC(C)CC2)c(Cl)c1. The third-order valence-corrected chi connectivity index (χ3v) is 5.48. The van der Waals surface area contributed by atoms with Gasteiger partial charge in [0.25, 0.3) is 0 Å². The number of carbonyl (C=O) groups is 2. The smallest absolute Gasteiger partial charge is 0.330 e. The van der Waals surface area contributed by atoms with Gasteiger partial charge in [0.2, 0.25) is 0 Å². The van der Waals surface area contributed by atoms with E-state index in [1.807, 2.05) is 0 Å². The fraction of sp³-hybridized carbons (Fsp3) is 0.565. The number of rotatable bonds is 11. The summed E-state index contributed by atoms with van der Waals surface area (Å²) in [4.78, 5) is 23.2. The summed E-state index contributed by atoms with van der Waals surface area (Å²) in [7, 11) is 0. The van der Waals surface area contributed by atoms with Gasteiger partial charge in [-0.3, -0.25) is 4.79 Å². The van der Waals surface area contributed by atoms with Gasteiger partial charge in [-0.05, 0) is 69.4 Å². The van der Waals surface area contributed by atoms with Crippen LogP contribution in [0.25, 0.3) is 0 Å².